The maximum absolute atomic E-state index is 11.4. The fourth-order valence-electron chi connectivity index (χ4n) is 3.96. The highest BCUT2D eigenvalue weighted by Crippen LogP contribution is 2.31. The summed E-state index contributed by atoms with van der Waals surface area (Å²) in [7, 11) is 0. The number of aliphatic imine (C=N–C) groups is 1. The van der Waals surface area contributed by atoms with Crippen molar-refractivity contribution in [2.24, 2.45) is 10.7 Å². The highest BCUT2D eigenvalue weighted by molar-refractivity contribution is 5.81. The molecule has 4 rings (SSSR count). The summed E-state index contributed by atoms with van der Waals surface area (Å²) < 4.78 is 11.2. The molecule has 30 heavy (non-hydrogen) atoms. The number of benzene rings is 1. The van der Waals surface area contributed by atoms with E-state index in [4.69, 9.17) is 19.9 Å². The van der Waals surface area contributed by atoms with E-state index in [2.05, 4.69) is 16.7 Å². The zero-order valence-corrected chi connectivity index (χ0v) is 17.0. The Morgan fingerprint density at radius 2 is 1.97 bits per heavy atom. The van der Waals surface area contributed by atoms with Gasteiger partial charge in [0, 0.05) is 44.1 Å². The minimum Gasteiger partial charge on any atom is -0.493 e. The Hall–Kier alpha value is -3.16. The topological polar surface area (TPSA) is 105 Å². The predicted molar refractivity (Wildman–Crippen MR) is 114 cm³/mol. The van der Waals surface area contributed by atoms with Gasteiger partial charge in [0.1, 0.15) is 11.5 Å². The highest BCUT2D eigenvalue weighted by Gasteiger charge is 2.25. The third-order valence-corrected chi connectivity index (χ3v) is 5.63. The number of nitrogens with zero attached hydrogens (tertiary/aromatic N) is 2. The Labute approximate surface area is 176 Å². The molecule has 2 aliphatic rings. The first-order valence-corrected chi connectivity index (χ1v) is 10.5. The Kier molecular flexibility index (Phi) is 6.41. The van der Waals surface area contributed by atoms with Gasteiger partial charge in [0.2, 0.25) is 0 Å². The van der Waals surface area contributed by atoms with Crippen LogP contribution >= 0.6 is 0 Å². The number of carbonyl (C=O) groups excluding carboxylic acids is 1. The molecule has 160 valence electrons. The Morgan fingerprint density at radius 3 is 2.73 bits per heavy atom. The third-order valence-electron chi connectivity index (χ3n) is 5.63. The predicted octanol–water partition coefficient (Wildman–Crippen LogP) is 2.42. The van der Waals surface area contributed by atoms with Crippen LogP contribution in [0.15, 0.2) is 52.1 Å². The molecule has 2 aromatic rings. The van der Waals surface area contributed by atoms with Crippen molar-refractivity contribution in [2.45, 2.75) is 37.8 Å². The molecule has 2 aliphatic heterocycles. The van der Waals surface area contributed by atoms with E-state index in [1.165, 1.54) is 0 Å². The van der Waals surface area contributed by atoms with Crippen molar-refractivity contribution in [1.29, 1.82) is 0 Å². The van der Waals surface area contributed by atoms with Gasteiger partial charge in [0.25, 0.3) is 0 Å². The van der Waals surface area contributed by atoms with Gasteiger partial charge in [-0.2, -0.15) is 0 Å². The highest BCUT2D eigenvalue weighted by atomic mass is 16.5. The zero-order chi connectivity index (χ0) is 20.8. The van der Waals surface area contributed by atoms with E-state index in [9.17, 15) is 4.79 Å². The van der Waals surface area contributed by atoms with Crippen LogP contribution in [-0.2, 0) is 6.42 Å². The van der Waals surface area contributed by atoms with E-state index >= 15 is 0 Å². The van der Waals surface area contributed by atoms with Gasteiger partial charge in [0.15, 0.2) is 5.96 Å². The van der Waals surface area contributed by atoms with Gasteiger partial charge >= 0.3 is 6.03 Å². The lowest BCUT2D eigenvalue weighted by Crippen LogP contribution is -2.51. The summed E-state index contributed by atoms with van der Waals surface area (Å²) in [5, 5.41) is 7.16. The lowest BCUT2D eigenvalue weighted by Gasteiger charge is -2.33. The third kappa shape index (κ3) is 5.06. The van der Waals surface area contributed by atoms with Crippen LogP contribution < -0.4 is 21.1 Å². The quantitative estimate of drug-likeness (QED) is 0.518. The first kappa shape index (κ1) is 20.1. The summed E-state index contributed by atoms with van der Waals surface area (Å²) in [5.74, 6) is 2.62. The average Bonchev–Trinajstić information content (AvgIpc) is 3.28. The van der Waals surface area contributed by atoms with Gasteiger partial charge in [-0.15, -0.1) is 0 Å². The number of urea groups is 1. The maximum Gasteiger partial charge on any atom is 0.314 e. The molecule has 1 unspecified atom stereocenters. The smallest absolute Gasteiger partial charge is 0.314 e. The molecule has 4 N–H and O–H groups in total. The molecule has 1 atom stereocenters. The molecular formula is C22H29N5O3. The standard InChI is InChI=1S/C22H29N5O3/c23-21(28)27-12-8-16(9-13-27)25-22(24-11-7-17-4-3-14-29-17)26-19-10-15-30-20-6-2-1-5-18(19)20/h1-6,14,16,19H,7-13,15H2,(H2,23,28)(H2,24,25,26). The molecule has 1 aromatic carbocycles. The molecule has 1 aromatic heterocycles. The molecule has 1 saturated heterocycles. The molecule has 0 spiro atoms. The van der Waals surface area contributed by atoms with Gasteiger partial charge in [0.05, 0.1) is 18.9 Å². The fraction of sp³-hybridized carbons (Fsp3) is 0.455. The number of hydrogen-bond acceptors (Lipinski definition) is 4. The molecule has 3 heterocycles. The molecule has 8 heteroatoms. The number of fused-ring (bicyclic) bond motifs is 1. The van der Waals surface area contributed by atoms with Crippen LogP contribution in [-0.4, -0.2) is 49.2 Å². The number of piperidine rings is 1. The fourth-order valence-corrected chi connectivity index (χ4v) is 3.96. The van der Waals surface area contributed by atoms with E-state index in [0.29, 0.717) is 26.2 Å². The minimum absolute atomic E-state index is 0.135. The molecule has 0 bridgehead atoms. The molecule has 0 saturated carbocycles. The number of furan rings is 1. The summed E-state index contributed by atoms with van der Waals surface area (Å²) in [6.45, 7) is 2.61. The van der Waals surface area contributed by atoms with Gasteiger partial charge in [-0.3, -0.25) is 4.99 Å². The molecule has 8 nitrogen and oxygen atoms in total. The van der Waals surface area contributed by atoms with Crippen LogP contribution in [0.3, 0.4) is 0 Å². The number of amides is 2. The number of ether oxygens (including phenoxy) is 1. The average molecular weight is 412 g/mol. The van der Waals surface area contributed by atoms with Crippen LogP contribution in [0.25, 0.3) is 0 Å². The van der Waals surface area contributed by atoms with Gasteiger partial charge in [-0.05, 0) is 31.0 Å². The summed E-state index contributed by atoms with van der Waals surface area (Å²) >= 11 is 0. The number of hydrogen-bond donors (Lipinski definition) is 3. The first-order chi connectivity index (χ1) is 14.7. The van der Waals surface area contributed by atoms with Crippen molar-refractivity contribution in [1.82, 2.24) is 15.5 Å². The number of para-hydroxylation sites is 1. The monoisotopic (exact) mass is 411 g/mol. The lowest BCUT2D eigenvalue weighted by molar-refractivity contribution is 0.188. The molecule has 2 amide bonds. The van der Waals surface area contributed by atoms with Gasteiger partial charge in [-0.1, -0.05) is 18.2 Å². The summed E-state index contributed by atoms with van der Waals surface area (Å²) in [4.78, 5) is 17.9. The minimum atomic E-state index is -0.349. The second-order valence-corrected chi connectivity index (χ2v) is 7.68. The van der Waals surface area contributed by atoms with Crippen LogP contribution in [0.5, 0.6) is 5.75 Å². The maximum atomic E-state index is 11.4. The number of nitrogens with one attached hydrogen (secondary N) is 2. The Balaban J connectivity index is 1.43. The first-order valence-electron chi connectivity index (χ1n) is 10.5. The second kappa shape index (κ2) is 9.56. The summed E-state index contributed by atoms with van der Waals surface area (Å²) in [5.41, 5.74) is 6.55. The lowest BCUT2D eigenvalue weighted by atomic mass is 10.0. The number of nitrogens with two attached hydrogens (primary N) is 1. The zero-order valence-electron chi connectivity index (χ0n) is 17.0. The van der Waals surface area contributed by atoms with Crippen molar-refractivity contribution in [2.75, 3.05) is 26.2 Å². The van der Waals surface area contributed by atoms with Gasteiger partial charge < -0.3 is 30.4 Å². The largest absolute Gasteiger partial charge is 0.493 e. The van der Waals surface area contributed by atoms with Crippen molar-refractivity contribution < 1.29 is 13.9 Å². The number of rotatable bonds is 5. The SMILES string of the molecule is NC(=O)N1CCC(NC(=NCCc2ccco2)NC2CCOc3ccccc32)CC1. The van der Waals surface area contributed by atoms with Crippen molar-refractivity contribution >= 4 is 12.0 Å². The van der Waals surface area contributed by atoms with Crippen molar-refractivity contribution in [3.8, 4) is 5.75 Å². The Morgan fingerprint density at radius 1 is 1.13 bits per heavy atom. The molecular weight excluding hydrogens is 382 g/mol. The van der Waals surface area contributed by atoms with Crippen LogP contribution in [0.1, 0.15) is 36.6 Å². The molecule has 0 radical (unpaired) electrons. The normalized spacial score (nSPS) is 19.7. The number of likely N-dealkylation sites (tertiary alicyclic amines) is 1. The van der Waals surface area contributed by atoms with Crippen molar-refractivity contribution in [3.63, 3.8) is 0 Å². The van der Waals surface area contributed by atoms with Gasteiger partial charge in [-0.25, -0.2) is 4.79 Å². The summed E-state index contributed by atoms with van der Waals surface area (Å²) in [6, 6.07) is 12.0. The number of primary amides is 1. The molecule has 0 aliphatic carbocycles. The van der Waals surface area contributed by atoms with Crippen LogP contribution in [0.4, 0.5) is 4.79 Å². The summed E-state index contributed by atoms with van der Waals surface area (Å²) in [6.07, 6.45) is 4.97. The molecule has 1 fully saturated rings. The van der Waals surface area contributed by atoms with Crippen LogP contribution in [0, 0.1) is 0 Å². The van der Waals surface area contributed by atoms with Crippen molar-refractivity contribution in [3.05, 3.63) is 54.0 Å². The Bertz CT molecular complexity index is 859. The van der Waals surface area contributed by atoms with E-state index in [1.807, 2.05) is 30.3 Å². The number of carbonyl (C=O) groups is 1. The van der Waals surface area contributed by atoms with E-state index in [-0.39, 0.29) is 18.1 Å². The van der Waals surface area contributed by atoms with E-state index in [0.717, 1.165) is 48.7 Å². The number of guanidine groups is 1. The van der Waals surface area contributed by atoms with E-state index < -0.39 is 0 Å². The second-order valence-electron chi connectivity index (χ2n) is 7.68. The van der Waals surface area contributed by atoms with E-state index in [1.54, 1.807) is 11.2 Å². The van der Waals surface area contributed by atoms with Crippen LogP contribution in [0.2, 0.25) is 0 Å².